The fourth-order valence-corrected chi connectivity index (χ4v) is 2.65. The van der Waals surface area contributed by atoms with Gasteiger partial charge in [-0.1, -0.05) is 13.8 Å². The van der Waals surface area contributed by atoms with E-state index >= 15 is 0 Å². The summed E-state index contributed by atoms with van der Waals surface area (Å²) in [5.74, 6) is -0.597. The van der Waals surface area contributed by atoms with Crippen molar-refractivity contribution in [3.63, 3.8) is 0 Å². The average Bonchev–Trinajstić information content (AvgIpc) is 2.31. The van der Waals surface area contributed by atoms with Gasteiger partial charge in [-0.05, 0) is 12.8 Å². The van der Waals surface area contributed by atoms with E-state index in [1.165, 1.54) is 5.48 Å². The lowest BCUT2D eigenvalue weighted by Gasteiger charge is -2.17. The van der Waals surface area contributed by atoms with E-state index in [2.05, 4.69) is 0 Å². The molecule has 2 N–H and O–H groups in total. The summed E-state index contributed by atoms with van der Waals surface area (Å²) in [6, 6.07) is 0. The van der Waals surface area contributed by atoms with E-state index in [4.69, 9.17) is 14.3 Å². The van der Waals surface area contributed by atoms with Crippen LogP contribution >= 0.6 is 7.60 Å². The highest BCUT2D eigenvalue weighted by atomic mass is 31.2. The van der Waals surface area contributed by atoms with Crippen LogP contribution in [0, 0.1) is 0 Å². The highest BCUT2D eigenvalue weighted by Crippen LogP contribution is 2.48. The quantitative estimate of drug-likeness (QED) is 0.372. The minimum absolute atomic E-state index is 0.0145. The molecule has 0 aliphatic heterocycles. The van der Waals surface area contributed by atoms with Crippen LogP contribution in [0.15, 0.2) is 0 Å². The summed E-state index contributed by atoms with van der Waals surface area (Å²) in [6.07, 6.45) is 1.36. The Balaban J connectivity index is 4.17. The van der Waals surface area contributed by atoms with Gasteiger partial charge in [0, 0.05) is 6.42 Å². The van der Waals surface area contributed by atoms with Crippen molar-refractivity contribution in [3.8, 4) is 0 Å². The maximum absolute atomic E-state index is 12.0. The molecule has 96 valence electrons. The third kappa shape index (κ3) is 6.95. The third-order valence-corrected chi connectivity index (χ3v) is 3.64. The molecule has 0 bridgehead atoms. The van der Waals surface area contributed by atoms with Crippen LogP contribution in [0.25, 0.3) is 0 Å². The fraction of sp³-hybridized carbons (Fsp3) is 0.889. The number of hydrogen-bond acceptors (Lipinski definition) is 5. The van der Waals surface area contributed by atoms with E-state index in [0.717, 1.165) is 12.8 Å². The molecule has 0 unspecified atom stereocenters. The zero-order valence-electron chi connectivity index (χ0n) is 9.77. The van der Waals surface area contributed by atoms with Gasteiger partial charge < -0.3 is 9.05 Å². The van der Waals surface area contributed by atoms with Crippen LogP contribution in [-0.4, -0.2) is 30.5 Å². The number of hydroxylamine groups is 1. The van der Waals surface area contributed by atoms with Crippen molar-refractivity contribution in [2.24, 2.45) is 0 Å². The summed E-state index contributed by atoms with van der Waals surface area (Å²) in [6.45, 7) is 4.46. The van der Waals surface area contributed by atoms with E-state index in [1.54, 1.807) is 0 Å². The lowest BCUT2D eigenvalue weighted by atomic mass is 10.5. The molecule has 0 heterocycles. The van der Waals surface area contributed by atoms with Crippen molar-refractivity contribution in [3.05, 3.63) is 0 Å². The van der Waals surface area contributed by atoms with Gasteiger partial charge in [0.2, 0.25) is 5.91 Å². The van der Waals surface area contributed by atoms with Gasteiger partial charge >= 0.3 is 7.60 Å². The second-order valence-corrected chi connectivity index (χ2v) is 5.47. The fourth-order valence-electron chi connectivity index (χ4n) is 0.921. The van der Waals surface area contributed by atoms with Crippen LogP contribution < -0.4 is 5.48 Å². The molecule has 0 spiro atoms. The van der Waals surface area contributed by atoms with E-state index in [-0.39, 0.29) is 12.6 Å². The lowest BCUT2D eigenvalue weighted by molar-refractivity contribution is -0.128. The van der Waals surface area contributed by atoms with Gasteiger partial charge in [-0.3, -0.25) is 14.6 Å². The molecule has 0 aliphatic carbocycles. The van der Waals surface area contributed by atoms with Crippen molar-refractivity contribution in [1.29, 1.82) is 0 Å². The van der Waals surface area contributed by atoms with Gasteiger partial charge in [0.25, 0.3) is 0 Å². The monoisotopic (exact) mass is 253 g/mol. The Morgan fingerprint density at radius 3 is 2.12 bits per heavy atom. The summed E-state index contributed by atoms with van der Waals surface area (Å²) in [5.41, 5.74) is 1.48. The zero-order valence-corrected chi connectivity index (χ0v) is 10.7. The number of rotatable bonds is 9. The van der Waals surface area contributed by atoms with Crippen LogP contribution in [0.2, 0.25) is 0 Å². The van der Waals surface area contributed by atoms with Crippen molar-refractivity contribution in [2.45, 2.75) is 33.1 Å². The molecule has 0 aromatic rings. The highest BCUT2D eigenvalue weighted by Gasteiger charge is 2.25. The van der Waals surface area contributed by atoms with Crippen molar-refractivity contribution in [1.82, 2.24) is 5.48 Å². The number of carbonyl (C=O) groups is 1. The summed E-state index contributed by atoms with van der Waals surface area (Å²) in [4.78, 5) is 10.8. The maximum Gasteiger partial charge on any atom is 0.331 e. The largest absolute Gasteiger partial charge is 0.331 e. The molecule has 6 nitrogen and oxygen atoms in total. The molecule has 0 aliphatic rings. The Hall–Kier alpha value is -0.420. The predicted molar refractivity (Wildman–Crippen MR) is 59.5 cm³/mol. The number of hydrogen-bond donors (Lipinski definition) is 2. The molecule has 0 radical (unpaired) electrons. The molecule has 0 aromatic carbocycles. The predicted octanol–water partition coefficient (Wildman–Crippen LogP) is 1.93. The smallest absolute Gasteiger partial charge is 0.309 e. The van der Waals surface area contributed by atoms with Crippen LogP contribution in [0.4, 0.5) is 0 Å². The van der Waals surface area contributed by atoms with Crippen molar-refractivity contribution < 1.29 is 23.6 Å². The topological polar surface area (TPSA) is 84.9 Å². The third-order valence-electron chi connectivity index (χ3n) is 1.72. The first-order valence-electron chi connectivity index (χ1n) is 5.39. The normalized spacial score (nSPS) is 11.4. The molecule has 0 rings (SSSR count). The standard InChI is InChI=1S/C9H20NO5P/c1-3-6-14-16(13,15-7-4-2)8-5-9(11)10-12/h12H,3-8H2,1-2H3,(H,10,11). The van der Waals surface area contributed by atoms with Crippen molar-refractivity contribution in [2.75, 3.05) is 19.4 Å². The van der Waals surface area contributed by atoms with Gasteiger partial charge in [-0.25, -0.2) is 5.48 Å². The summed E-state index contributed by atoms with van der Waals surface area (Å²) in [7, 11) is -3.19. The molecular weight excluding hydrogens is 233 g/mol. The van der Waals surface area contributed by atoms with Gasteiger partial charge in [0.1, 0.15) is 0 Å². The van der Waals surface area contributed by atoms with Gasteiger partial charge in [-0.15, -0.1) is 0 Å². The second-order valence-electron chi connectivity index (χ2n) is 3.29. The van der Waals surface area contributed by atoms with Gasteiger partial charge in [0.15, 0.2) is 0 Å². The first kappa shape index (κ1) is 15.6. The molecule has 0 aromatic heterocycles. The van der Waals surface area contributed by atoms with Crippen LogP contribution in [0.3, 0.4) is 0 Å². The zero-order chi connectivity index (χ0) is 12.4. The number of nitrogens with one attached hydrogen (secondary N) is 1. The minimum Gasteiger partial charge on any atom is -0.309 e. The van der Waals surface area contributed by atoms with Crippen LogP contribution in [-0.2, 0) is 18.4 Å². The summed E-state index contributed by atoms with van der Waals surface area (Å²) < 4.78 is 22.3. The lowest BCUT2D eigenvalue weighted by Crippen LogP contribution is -2.20. The van der Waals surface area contributed by atoms with E-state index in [9.17, 15) is 9.36 Å². The SMILES string of the molecule is CCCOP(=O)(CCC(=O)NO)OCCC. The second kappa shape index (κ2) is 8.70. The summed E-state index contributed by atoms with van der Waals surface area (Å²) in [5, 5.41) is 8.31. The minimum atomic E-state index is -3.19. The molecule has 0 fully saturated rings. The van der Waals surface area contributed by atoms with Gasteiger partial charge in [0.05, 0.1) is 19.4 Å². The molecule has 0 saturated heterocycles. The Bertz CT molecular complexity index is 234. The number of carbonyl (C=O) groups excluding carboxylic acids is 1. The van der Waals surface area contributed by atoms with Gasteiger partial charge in [-0.2, -0.15) is 0 Å². The Morgan fingerprint density at radius 1 is 1.25 bits per heavy atom. The number of amides is 1. The molecular formula is C9H20NO5P. The average molecular weight is 253 g/mol. The van der Waals surface area contributed by atoms with E-state index in [0.29, 0.717) is 13.2 Å². The Labute approximate surface area is 95.8 Å². The molecule has 7 heteroatoms. The molecule has 0 saturated carbocycles. The van der Waals surface area contributed by atoms with E-state index in [1.807, 2.05) is 13.8 Å². The van der Waals surface area contributed by atoms with Crippen molar-refractivity contribution >= 4 is 13.5 Å². The molecule has 16 heavy (non-hydrogen) atoms. The highest BCUT2D eigenvalue weighted by molar-refractivity contribution is 7.53. The molecule has 1 amide bonds. The Kier molecular flexibility index (Phi) is 8.47. The van der Waals surface area contributed by atoms with E-state index < -0.39 is 13.5 Å². The first-order chi connectivity index (χ1) is 7.58. The summed E-state index contributed by atoms with van der Waals surface area (Å²) >= 11 is 0. The molecule has 0 atom stereocenters. The van der Waals surface area contributed by atoms with Crippen LogP contribution in [0.1, 0.15) is 33.1 Å². The Morgan fingerprint density at radius 2 is 1.75 bits per heavy atom. The van der Waals surface area contributed by atoms with Crippen LogP contribution in [0.5, 0.6) is 0 Å². The maximum atomic E-state index is 12.0. The first-order valence-corrected chi connectivity index (χ1v) is 7.11.